The highest BCUT2D eigenvalue weighted by Gasteiger charge is 2.13. The van der Waals surface area contributed by atoms with Gasteiger partial charge in [-0.05, 0) is 20.3 Å². The zero-order valence-corrected chi connectivity index (χ0v) is 8.84. The van der Waals surface area contributed by atoms with E-state index in [1.807, 2.05) is 13.8 Å². The lowest BCUT2D eigenvalue weighted by molar-refractivity contribution is -0.146. The second kappa shape index (κ2) is 8.05. The molecule has 0 aliphatic rings. The average molecular weight is 188 g/mol. The Hall–Kier alpha value is -0.570. The number of carbonyl (C=O) groups is 1. The zero-order chi connectivity index (χ0) is 10.1. The molecule has 13 heavy (non-hydrogen) atoms. The summed E-state index contributed by atoms with van der Waals surface area (Å²) in [4.78, 5) is 11.1. The first-order valence-electron chi connectivity index (χ1n) is 5.01. The van der Waals surface area contributed by atoms with Crippen LogP contribution < -0.4 is 0 Å². The van der Waals surface area contributed by atoms with Crippen molar-refractivity contribution >= 4 is 5.97 Å². The summed E-state index contributed by atoms with van der Waals surface area (Å²) >= 11 is 0. The fraction of sp³-hybridized carbons (Fsp3) is 0.900. The molecule has 0 heterocycles. The molecule has 0 saturated heterocycles. The number of ether oxygens (including phenoxy) is 2. The lowest BCUT2D eigenvalue weighted by Crippen LogP contribution is -2.19. The second-order valence-corrected chi connectivity index (χ2v) is 2.88. The van der Waals surface area contributed by atoms with Gasteiger partial charge in [0.25, 0.3) is 0 Å². The van der Waals surface area contributed by atoms with E-state index in [-0.39, 0.29) is 12.1 Å². The third-order valence-electron chi connectivity index (χ3n) is 1.71. The molecule has 1 atom stereocenters. The molecule has 0 aliphatic carbocycles. The summed E-state index contributed by atoms with van der Waals surface area (Å²) in [6, 6.07) is 0. The minimum absolute atomic E-state index is 0.0362. The molecule has 0 bridgehead atoms. The monoisotopic (exact) mass is 188 g/mol. The van der Waals surface area contributed by atoms with Gasteiger partial charge in [0.05, 0.1) is 19.1 Å². The molecule has 78 valence electrons. The number of esters is 1. The smallest absolute Gasteiger partial charge is 0.308 e. The van der Waals surface area contributed by atoms with Crippen LogP contribution in [0.25, 0.3) is 0 Å². The van der Waals surface area contributed by atoms with Crippen LogP contribution in [0.3, 0.4) is 0 Å². The predicted molar refractivity (Wildman–Crippen MR) is 51.6 cm³/mol. The molecule has 0 amide bonds. The summed E-state index contributed by atoms with van der Waals surface area (Å²) in [5.41, 5.74) is 0. The number of rotatable bonds is 7. The Balaban J connectivity index is 3.71. The SMILES string of the molecule is CCCC(CC(=O)OCC)OCC. The van der Waals surface area contributed by atoms with Crippen LogP contribution in [0.5, 0.6) is 0 Å². The summed E-state index contributed by atoms with van der Waals surface area (Å²) in [6.07, 6.45) is 2.38. The molecule has 0 aliphatic heterocycles. The van der Waals surface area contributed by atoms with Crippen molar-refractivity contribution < 1.29 is 14.3 Å². The Morgan fingerprint density at radius 1 is 1.23 bits per heavy atom. The van der Waals surface area contributed by atoms with Crippen molar-refractivity contribution in [2.24, 2.45) is 0 Å². The van der Waals surface area contributed by atoms with E-state index in [0.717, 1.165) is 12.8 Å². The fourth-order valence-corrected chi connectivity index (χ4v) is 1.21. The van der Waals surface area contributed by atoms with E-state index >= 15 is 0 Å². The molecule has 0 aromatic carbocycles. The van der Waals surface area contributed by atoms with Crippen LogP contribution in [-0.2, 0) is 14.3 Å². The van der Waals surface area contributed by atoms with Crippen LogP contribution in [0.4, 0.5) is 0 Å². The van der Waals surface area contributed by atoms with Gasteiger partial charge in [-0.1, -0.05) is 13.3 Å². The van der Waals surface area contributed by atoms with Crippen LogP contribution in [0, 0.1) is 0 Å². The van der Waals surface area contributed by atoms with Crippen LogP contribution >= 0.6 is 0 Å². The average Bonchev–Trinajstić information content (AvgIpc) is 2.05. The maximum atomic E-state index is 11.1. The van der Waals surface area contributed by atoms with Gasteiger partial charge in [0, 0.05) is 6.61 Å². The summed E-state index contributed by atoms with van der Waals surface area (Å²) in [6.45, 7) is 6.94. The quantitative estimate of drug-likeness (QED) is 0.574. The fourth-order valence-electron chi connectivity index (χ4n) is 1.21. The molecule has 0 aromatic rings. The van der Waals surface area contributed by atoms with Crippen molar-refractivity contribution in [3.63, 3.8) is 0 Å². The molecule has 0 fully saturated rings. The number of hydrogen-bond acceptors (Lipinski definition) is 3. The molecule has 0 spiro atoms. The van der Waals surface area contributed by atoms with Gasteiger partial charge >= 0.3 is 5.97 Å². The van der Waals surface area contributed by atoms with E-state index in [0.29, 0.717) is 19.6 Å². The van der Waals surface area contributed by atoms with Gasteiger partial charge in [-0.3, -0.25) is 4.79 Å². The van der Waals surface area contributed by atoms with E-state index in [4.69, 9.17) is 9.47 Å². The lowest BCUT2D eigenvalue weighted by Gasteiger charge is -2.14. The molecule has 1 unspecified atom stereocenters. The minimum atomic E-state index is -0.158. The molecule has 0 rings (SSSR count). The summed E-state index contributed by atoms with van der Waals surface area (Å²) in [7, 11) is 0. The standard InChI is InChI=1S/C10H20O3/c1-4-7-9(12-5-2)8-10(11)13-6-3/h9H,4-8H2,1-3H3. The number of hydrogen-bond donors (Lipinski definition) is 0. The van der Waals surface area contributed by atoms with Crippen LogP contribution in [-0.4, -0.2) is 25.3 Å². The van der Waals surface area contributed by atoms with Gasteiger partial charge in [-0.25, -0.2) is 0 Å². The molecule has 0 N–H and O–H groups in total. The van der Waals surface area contributed by atoms with Gasteiger partial charge in [-0.15, -0.1) is 0 Å². The highest BCUT2D eigenvalue weighted by Crippen LogP contribution is 2.07. The predicted octanol–water partition coefficient (Wildman–Crippen LogP) is 2.14. The largest absolute Gasteiger partial charge is 0.466 e. The van der Waals surface area contributed by atoms with Crippen molar-refractivity contribution in [3.05, 3.63) is 0 Å². The van der Waals surface area contributed by atoms with Crippen LogP contribution in [0.2, 0.25) is 0 Å². The van der Waals surface area contributed by atoms with E-state index < -0.39 is 0 Å². The minimum Gasteiger partial charge on any atom is -0.466 e. The maximum absolute atomic E-state index is 11.1. The van der Waals surface area contributed by atoms with Gasteiger partial charge in [0.2, 0.25) is 0 Å². The molecule has 0 aromatic heterocycles. The van der Waals surface area contributed by atoms with Crippen LogP contribution in [0.15, 0.2) is 0 Å². The summed E-state index contributed by atoms with van der Waals surface area (Å²) in [5, 5.41) is 0. The Kier molecular flexibility index (Phi) is 7.69. The van der Waals surface area contributed by atoms with E-state index in [1.165, 1.54) is 0 Å². The second-order valence-electron chi connectivity index (χ2n) is 2.88. The molecular formula is C10H20O3. The van der Waals surface area contributed by atoms with Gasteiger partial charge in [0.1, 0.15) is 0 Å². The number of carbonyl (C=O) groups excluding carboxylic acids is 1. The van der Waals surface area contributed by atoms with Gasteiger partial charge in [0.15, 0.2) is 0 Å². The first-order valence-corrected chi connectivity index (χ1v) is 5.01. The van der Waals surface area contributed by atoms with E-state index in [9.17, 15) is 4.79 Å². The Morgan fingerprint density at radius 3 is 2.38 bits per heavy atom. The Labute approximate surface area is 80.4 Å². The molecule has 0 saturated carbocycles. The first kappa shape index (κ1) is 12.4. The van der Waals surface area contributed by atoms with Crippen molar-refractivity contribution in [1.29, 1.82) is 0 Å². The first-order chi connectivity index (χ1) is 6.24. The topological polar surface area (TPSA) is 35.5 Å². The van der Waals surface area contributed by atoms with Crippen molar-refractivity contribution in [2.45, 2.75) is 46.1 Å². The highest BCUT2D eigenvalue weighted by molar-refractivity contribution is 5.69. The molecule has 0 radical (unpaired) electrons. The summed E-state index contributed by atoms with van der Waals surface area (Å²) < 4.78 is 10.2. The molecule has 3 nitrogen and oxygen atoms in total. The summed E-state index contributed by atoms with van der Waals surface area (Å²) in [5.74, 6) is -0.158. The van der Waals surface area contributed by atoms with Crippen molar-refractivity contribution in [1.82, 2.24) is 0 Å². The third-order valence-corrected chi connectivity index (χ3v) is 1.71. The van der Waals surface area contributed by atoms with E-state index in [1.54, 1.807) is 0 Å². The Morgan fingerprint density at radius 2 is 1.92 bits per heavy atom. The van der Waals surface area contributed by atoms with Crippen molar-refractivity contribution in [2.75, 3.05) is 13.2 Å². The molecular weight excluding hydrogens is 168 g/mol. The van der Waals surface area contributed by atoms with Gasteiger partial charge < -0.3 is 9.47 Å². The highest BCUT2D eigenvalue weighted by atomic mass is 16.5. The van der Waals surface area contributed by atoms with Gasteiger partial charge in [-0.2, -0.15) is 0 Å². The third kappa shape index (κ3) is 6.58. The molecule has 3 heteroatoms. The van der Waals surface area contributed by atoms with E-state index in [2.05, 4.69) is 6.92 Å². The zero-order valence-electron chi connectivity index (χ0n) is 8.84. The van der Waals surface area contributed by atoms with Crippen molar-refractivity contribution in [3.8, 4) is 0 Å². The Bertz CT molecular complexity index is 128. The van der Waals surface area contributed by atoms with Crippen LogP contribution in [0.1, 0.15) is 40.0 Å². The normalized spacial score (nSPS) is 12.5. The maximum Gasteiger partial charge on any atom is 0.308 e. The lowest BCUT2D eigenvalue weighted by atomic mass is 10.1.